The molecule has 1 heterocycles. The van der Waals surface area contributed by atoms with Crippen LogP contribution in [0.4, 0.5) is 8.78 Å². The fourth-order valence-corrected chi connectivity index (χ4v) is 1.32. The monoisotopic (exact) mass is 215 g/mol. The largest absolute Gasteiger partial charge is 0.480 e. The number of halogens is 3. The number of carboxylic acid groups (broad SMARTS) is 1. The Bertz CT molecular complexity index is 221. The van der Waals surface area contributed by atoms with Crippen molar-refractivity contribution in [1.29, 1.82) is 0 Å². The molecule has 0 radical (unpaired) electrons. The number of hydrogen-bond acceptors (Lipinski definition) is 2. The molecule has 1 aliphatic rings. The van der Waals surface area contributed by atoms with Crippen molar-refractivity contribution in [3.8, 4) is 0 Å². The van der Waals surface area contributed by atoms with Gasteiger partial charge in [0, 0.05) is 0 Å². The summed E-state index contributed by atoms with van der Waals surface area (Å²) in [6, 6.07) is -1.16. The van der Waals surface area contributed by atoms with E-state index in [-0.39, 0.29) is 12.4 Å². The first-order chi connectivity index (χ1) is 5.29. The van der Waals surface area contributed by atoms with Crippen LogP contribution in [0, 0.1) is 5.41 Å². The lowest BCUT2D eigenvalue weighted by molar-refractivity contribution is -0.146. The van der Waals surface area contributed by atoms with E-state index in [9.17, 15) is 13.6 Å². The quantitative estimate of drug-likeness (QED) is 0.689. The number of alkyl halides is 2. The van der Waals surface area contributed by atoms with E-state index in [0.717, 1.165) is 0 Å². The second kappa shape index (κ2) is 3.38. The fourth-order valence-electron chi connectivity index (χ4n) is 1.32. The Morgan fingerprint density at radius 1 is 1.54 bits per heavy atom. The van der Waals surface area contributed by atoms with Gasteiger partial charge in [-0.15, -0.1) is 12.4 Å². The van der Waals surface area contributed by atoms with Crippen molar-refractivity contribution in [3.05, 3.63) is 0 Å². The van der Waals surface area contributed by atoms with Crippen LogP contribution in [0.3, 0.4) is 0 Å². The predicted molar refractivity (Wildman–Crippen MR) is 45.4 cm³/mol. The van der Waals surface area contributed by atoms with Crippen molar-refractivity contribution < 1.29 is 18.7 Å². The van der Waals surface area contributed by atoms with Crippen molar-refractivity contribution >= 4 is 18.4 Å². The number of hydrogen-bond donors (Lipinski definition) is 2. The molecule has 1 fully saturated rings. The number of rotatable bonds is 1. The molecule has 1 saturated heterocycles. The van der Waals surface area contributed by atoms with Crippen LogP contribution in [0.15, 0.2) is 0 Å². The molecule has 0 aromatic heterocycles. The Labute approximate surface area is 80.9 Å². The minimum absolute atomic E-state index is 0. The molecule has 0 bridgehead atoms. The molecule has 0 unspecified atom stereocenters. The van der Waals surface area contributed by atoms with Crippen LogP contribution in [0.1, 0.15) is 13.8 Å². The maximum Gasteiger partial charge on any atom is 0.321 e. The summed E-state index contributed by atoms with van der Waals surface area (Å²) in [5.74, 6) is -4.17. The Balaban J connectivity index is 0.00000144. The van der Waals surface area contributed by atoms with Crippen LogP contribution >= 0.6 is 12.4 Å². The normalized spacial score (nSPS) is 29.4. The van der Waals surface area contributed by atoms with Crippen molar-refractivity contribution in [2.75, 3.05) is 6.54 Å². The summed E-state index contributed by atoms with van der Waals surface area (Å²) in [5, 5.41) is 10.9. The van der Waals surface area contributed by atoms with E-state index in [2.05, 4.69) is 5.32 Å². The van der Waals surface area contributed by atoms with E-state index in [0.29, 0.717) is 0 Å². The Hall–Kier alpha value is -0.420. The third-order valence-electron chi connectivity index (χ3n) is 2.44. The van der Waals surface area contributed by atoms with Crippen LogP contribution in [0.2, 0.25) is 0 Å². The van der Waals surface area contributed by atoms with Crippen LogP contribution in [-0.2, 0) is 4.79 Å². The summed E-state index contributed by atoms with van der Waals surface area (Å²) in [6.45, 7) is 1.95. The minimum atomic E-state index is -2.95. The highest BCUT2D eigenvalue weighted by atomic mass is 35.5. The number of aliphatic carboxylic acids is 1. The molecule has 6 heteroatoms. The van der Waals surface area contributed by atoms with E-state index in [1.54, 1.807) is 0 Å². The molecule has 3 nitrogen and oxygen atoms in total. The van der Waals surface area contributed by atoms with Gasteiger partial charge in [-0.2, -0.15) is 0 Å². The van der Waals surface area contributed by atoms with E-state index >= 15 is 0 Å². The van der Waals surface area contributed by atoms with Gasteiger partial charge in [0.15, 0.2) is 0 Å². The van der Waals surface area contributed by atoms with E-state index < -0.39 is 29.9 Å². The third-order valence-corrected chi connectivity index (χ3v) is 2.44. The summed E-state index contributed by atoms with van der Waals surface area (Å²) in [6.07, 6.45) is 0. The average Bonchev–Trinajstić information content (AvgIpc) is 2.03. The zero-order valence-corrected chi connectivity index (χ0v) is 8.12. The number of carboxylic acids is 1. The van der Waals surface area contributed by atoms with E-state index in [1.165, 1.54) is 13.8 Å². The van der Waals surface area contributed by atoms with Gasteiger partial charge < -0.3 is 5.11 Å². The van der Waals surface area contributed by atoms with Crippen LogP contribution < -0.4 is 5.32 Å². The van der Waals surface area contributed by atoms with Gasteiger partial charge in [0.2, 0.25) is 0 Å². The highest BCUT2D eigenvalue weighted by Gasteiger charge is 2.59. The summed E-state index contributed by atoms with van der Waals surface area (Å²) in [7, 11) is 0. The summed E-state index contributed by atoms with van der Waals surface area (Å²) >= 11 is 0. The van der Waals surface area contributed by atoms with Crippen molar-refractivity contribution in [2.24, 2.45) is 5.41 Å². The van der Waals surface area contributed by atoms with Crippen molar-refractivity contribution in [3.63, 3.8) is 0 Å². The topological polar surface area (TPSA) is 49.3 Å². The molecule has 0 aromatic rings. The van der Waals surface area contributed by atoms with Gasteiger partial charge >= 0.3 is 5.97 Å². The van der Waals surface area contributed by atoms with Gasteiger partial charge in [-0.1, -0.05) is 13.8 Å². The lowest BCUT2D eigenvalue weighted by atomic mass is 9.82. The maximum absolute atomic E-state index is 13.0. The summed E-state index contributed by atoms with van der Waals surface area (Å²) < 4.78 is 26.0. The van der Waals surface area contributed by atoms with Crippen LogP contribution in [-0.4, -0.2) is 29.6 Å². The first-order valence-electron chi connectivity index (χ1n) is 3.63. The average molecular weight is 216 g/mol. The van der Waals surface area contributed by atoms with Gasteiger partial charge in [0.1, 0.15) is 6.04 Å². The molecule has 0 spiro atoms. The molecule has 0 aliphatic carbocycles. The lowest BCUT2D eigenvalue weighted by Gasteiger charge is -2.28. The minimum Gasteiger partial charge on any atom is -0.480 e. The standard InChI is InChI=1S/C7H11F2NO2.ClH/c1-6(2)4(5(11)12)10-3-7(6,8)9;/h4,10H,3H2,1-2H3,(H,11,12);1H/t4-;/m1./s1. The van der Waals surface area contributed by atoms with Gasteiger partial charge in [-0.25, -0.2) is 8.78 Å². The number of nitrogens with one attached hydrogen (secondary N) is 1. The van der Waals surface area contributed by atoms with E-state index in [4.69, 9.17) is 5.11 Å². The Morgan fingerprint density at radius 2 is 2.00 bits per heavy atom. The highest BCUT2D eigenvalue weighted by molar-refractivity contribution is 5.85. The molecule has 0 saturated carbocycles. The van der Waals surface area contributed by atoms with Gasteiger partial charge in [-0.3, -0.25) is 10.1 Å². The number of carbonyl (C=O) groups is 1. The van der Waals surface area contributed by atoms with Crippen LogP contribution in [0.5, 0.6) is 0 Å². The molecule has 1 atom stereocenters. The first kappa shape index (κ1) is 12.6. The second-order valence-corrected chi connectivity index (χ2v) is 3.58. The fraction of sp³-hybridized carbons (Fsp3) is 0.857. The first-order valence-corrected chi connectivity index (χ1v) is 3.63. The van der Waals surface area contributed by atoms with Crippen molar-refractivity contribution in [1.82, 2.24) is 5.32 Å². The Morgan fingerprint density at radius 3 is 2.15 bits per heavy atom. The third kappa shape index (κ3) is 1.76. The molecule has 0 amide bonds. The molecule has 1 rings (SSSR count). The van der Waals surface area contributed by atoms with Gasteiger partial charge in [0.05, 0.1) is 12.0 Å². The molecule has 78 valence electrons. The Kier molecular flexibility index (Phi) is 3.27. The van der Waals surface area contributed by atoms with Crippen molar-refractivity contribution in [2.45, 2.75) is 25.8 Å². The second-order valence-electron chi connectivity index (χ2n) is 3.58. The molecule has 2 N–H and O–H groups in total. The maximum atomic E-state index is 13.0. The van der Waals surface area contributed by atoms with Gasteiger partial charge in [0.25, 0.3) is 5.92 Å². The zero-order valence-electron chi connectivity index (χ0n) is 7.30. The molecule has 0 aromatic carbocycles. The SMILES string of the molecule is CC1(C)[C@@H](C(=O)O)NCC1(F)F.Cl. The molecular weight excluding hydrogens is 204 g/mol. The zero-order chi connectivity index (χ0) is 9.57. The molecule has 13 heavy (non-hydrogen) atoms. The lowest BCUT2D eigenvalue weighted by Crippen LogP contribution is -2.44. The predicted octanol–water partition coefficient (Wildman–Crippen LogP) is 1.13. The smallest absolute Gasteiger partial charge is 0.321 e. The van der Waals surface area contributed by atoms with Crippen LogP contribution in [0.25, 0.3) is 0 Å². The summed E-state index contributed by atoms with van der Waals surface area (Å²) in [4.78, 5) is 10.5. The summed E-state index contributed by atoms with van der Waals surface area (Å²) in [5.41, 5.74) is -1.52. The van der Waals surface area contributed by atoms with Gasteiger partial charge in [-0.05, 0) is 0 Å². The molecule has 1 aliphatic heterocycles. The van der Waals surface area contributed by atoms with E-state index in [1.807, 2.05) is 0 Å². The highest BCUT2D eigenvalue weighted by Crippen LogP contribution is 2.43. The molecular formula is C7H12ClF2NO2.